The van der Waals surface area contributed by atoms with Gasteiger partial charge in [0.15, 0.2) is 0 Å². The molecule has 0 radical (unpaired) electrons. The summed E-state index contributed by atoms with van der Waals surface area (Å²) < 4.78 is 23.4. The summed E-state index contributed by atoms with van der Waals surface area (Å²) in [5.41, 5.74) is 0. The minimum Gasteiger partial charge on any atom is -0.352 e. The first-order valence-electron chi connectivity index (χ1n) is 2.20. The second-order valence-corrected chi connectivity index (χ2v) is 4.18. The fourth-order valence-corrected chi connectivity index (χ4v) is 1.09. The summed E-state index contributed by atoms with van der Waals surface area (Å²) in [6.07, 6.45) is 0. The quantitative estimate of drug-likeness (QED) is 0.273. The van der Waals surface area contributed by atoms with E-state index in [9.17, 15) is 8.42 Å². The van der Waals surface area contributed by atoms with E-state index in [0.717, 1.165) is 0 Å². The van der Waals surface area contributed by atoms with Gasteiger partial charge in [0.2, 0.25) is 5.29 Å². The molecule has 0 aliphatic carbocycles. The molecule has 10 heavy (non-hydrogen) atoms. The predicted molar refractivity (Wildman–Crippen MR) is 41.7 cm³/mol. The standard InChI is InChI=1S/C3H6Cl2N2O2S/c1-7(2)3(4)6-10(5,8)9/h1-2H3/b6-3+. The van der Waals surface area contributed by atoms with Crippen molar-refractivity contribution in [3.05, 3.63) is 0 Å². The van der Waals surface area contributed by atoms with Crippen LogP contribution >= 0.6 is 22.3 Å². The van der Waals surface area contributed by atoms with Gasteiger partial charge < -0.3 is 4.90 Å². The fourth-order valence-electron chi connectivity index (χ4n) is 0.172. The summed E-state index contributed by atoms with van der Waals surface area (Å²) in [6, 6.07) is 0. The molecule has 0 aliphatic heterocycles. The Kier molecular flexibility index (Phi) is 3.41. The van der Waals surface area contributed by atoms with E-state index in [2.05, 4.69) is 4.40 Å². The highest BCUT2D eigenvalue weighted by molar-refractivity contribution is 8.12. The van der Waals surface area contributed by atoms with E-state index < -0.39 is 9.24 Å². The Morgan fingerprint density at radius 1 is 1.50 bits per heavy atom. The van der Waals surface area contributed by atoms with Crippen LogP contribution in [0.25, 0.3) is 0 Å². The van der Waals surface area contributed by atoms with Crippen LogP contribution in [0, 0.1) is 0 Å². The zero-order chi connectivity index (χ0) is 8.36. The smallest absolute Gasteiger partial charge is 0.342 e. The average Bonchev–Trinajstić information content (AvgIpc) is 1.60. The van der Waals surface area contributed by atoms with Gasteiger partial charge in [-0.05, 0) is 11.6 Å². The van der Waals surface area contributed by atoms with E-state index >= 15 is 0 Å². The highest BCUT2D eigenvalue weighted by Gasteiger charge is 2.04. The van der Waals surface area contributed by atoms with Crippen molar-refractivity contribution in [3.8, 4) is 0 Å². The van der Waals surface area contributed by atoms with Crippen LogP contribution in [0.15, 0.2) is 4.40 Å². The molecule has 0 aromatic rings. The Morgan fingerprint density at radius 3 is 2.00 bits per heavy atom. The number of amidine groups is 1. The van der Waals surface area contributed by atoms with Gasteiger partial charge in [-0.2, -0.15) is 8.42 Å². The SMILES string of the molecule is CN(C)/C(Cl)=N/S(=O)(=O)Cl. The molecule has 4 nitrogen and oxygen atoms in total. The molecule has 0 aromatic carbocycles. The van der Waals surface area contributed by atoms with Crippen LogP contribution in [0.4, 0.5) is 0 Å². The molecule has 0 saturated carbocycles. The number of halogens is 2. The first kappa shape index (κ1) is 10.0. The topological polar surface area (TPSA) is 49.7 Å². The van der Waals surface area contributed by atoms with Crippen molar-refractivity contribution in [2.45, 2.75) is 0 Å². The normalized spacial score (nSPS) is 13.4. The van der Waals surface area contributed by atoms with Gasteiger partial charge in [0.1, 0.15) is 0 Å². The van der Waals surface area contributed by atoms with Crippen LogP contribution in [-0.2, 0) is 9.24 Å². The molecule has 0 amide bonds. The highest BCUT2D eigenvalue weighted by atomic mass is 35.7. The van der Waals surface area contributed by atoms with Gasteiger partial charge in [-0.3, -0.25) is 0 Å². The maximum Gasteiger partial charge on any atom is 0.342 e. The molecule has 0 unspecified atom stereocenters. The van der Waals surface area contributed by atoms with Crippen LogP contribution < -0.4 is 0 Å². The molecule has 7 heteroatoms. The van der Waals surface area contributed by atoms with Gasteiger partial charge in [0.25, 0.3) is 0 Å². The fraction of sp³-hybridized carbons (Fsp3) is 0.667. The van der Waals surface area contributed by atoms with E-state index in [4.69, 9.17) is 22.3 Å². The number of rotatable bonds is 1. The van der Waals surface area contributed by atoms with Gasteiger partial charge in [0.05, 0.1) is 0 Å². The number of nitrogens with zero attached hydrogens (tertiary/aromatic N) is 2. The second-order valence-electron chi connectivity index (χ2n) is 1.67. The van der Waals surface area contributed by atoms with E-state index in [0.29, 0.717) is 0 Å². The molecule has 0 fully saturated rings. The van der Waals surface area contributed by atoms with E-state index in [1.54, 1.807) is 14.1 Å². The van der Waals surface area contributed by atoms with Gasteiger partial charge in [-0.25, -0.2) is 0 Å². The van der Waals surface area contributed by atoms with Gasteiger partial charge in [-0.15, -0.1) is 4.40 Å². The Hall–Kier alpha value is -0.000000000000000111. The summed E-state index contributed by atoms with van der Waals surface area (Å²) in [7, 11) is 3.96. The Balaban J connectivity index is 4.49. The van der Waals surface area contributed by atoms with Crippen molar-refractivity contribution in [2.75, 3.05) is 14.1 Å². The minimum absolute atomic E-state index is 0.171. The van der Waals surface area contributed by atoms with E-state index in [-0.39, 0.29) is 5.29 Å². The average molecular weight is 205 g/mol. The Morgan fingerprint density at radius 2 is 1.90 bits per heavy atom. The molecule has 0 aromatic heterocycles. The van der Waals surface area contributed by atoms with Gasteiger partial charge >= 0.3 is 9.24 Å². The molecule has 0 atom stereocenters. The first-order valence-corrected chi connectivity index (χ1v) is 4.85. The van der Waals surface area contributed by atoms with Crippen molar-refractivity contribution in [1.29, 1.82) is 0 Å². The molecule has 60 valence electrons. The molecular formula is C3H6Cl2N2O2S. The molecule has 0 rings (SSSR count). The minimum atomic E-state index is -3.88. The highest BCUT2D eigenvalue weighted by Crippen LogP contribution is 2.01. The summed E-state index contributed by atoms with van der Waals surface area (Å²) in [5, 5.41) is -0.171. The van der Waals surface area contributed by atoms with Crippen LogP contribution in [0.2, 0.25) is 0 Å². The largest absolute Gasteiger partial charge is 0.352 e. The van der Waals surface area contributed by atoms with Crippen molar-refractivity contribution in [2.24, 2.45) is 4.40 Å². The zero-order valence-corrected chi connectivity index (χ0v) is 7.70. The lowest BCUT2D eigenvalue weighted by molar-refractivity contribution is 0.606. The van der Waals surface area contributed by atoms with Crippen LogP contribution in [0.5, 0.6) is 0 Å². The van der Waals surface area contributed by atoms with E-state index in [1.807, 2.05) is 0 Å². The lowest BCUT2D eigenvalue weighted by Crippen LogP contribution is -2.16. The van der Waals surface area contributed by atoms with Crippen molar-refractivity contribution in [1.82, 2.24) is 4.90 Å². The lowest BCUT2D eigenvalue weighted by atomic mass is 11.0. The molecule has 0 N–H and O–H groups in total. The van der Waals surface area contributed by atoms with Crippen molar-refractivity contribution >= 4 is 36.8 Å². The van der Waals surface area contributed by atoms with Crippen LogP contribution in [0.1, 0.15) is 0 Å². The molecular weight excluding hydrogens is 199 g/mol. The maximum absolute atomic E-state index is 10.2. The summed E-state index contributed by atoms with van der Waals surface area (Å²) in [4.78, 5) is 1.32. The van der Waals surface area contributed by atoms with Crippen LogP contribution in [0.3, 0.4) is 0 Å². The summed E-state index contributed by atoms with van der Waals surface area (Å²) >= 11 is 5.31. The monoisotopic (exact) mass is 204 g/mol. The summed E-state index contributed by atoms with van der Waals surface area (Å²) in [5.74, 6) is 0. The zero-order valence-electron chi connectivity index (χ0n) is 5.38. The van der Waals surface area contributed by atoms with Gasteiger partial charge in [0, 0.05) is 24.8 Å². The molecule has 0 heterocycles. The van der Waals surface area contributed by atoms with Crippen molar-refractivity contribution < 1.29 is 8.42 Å². The Bertz CT molecular complexity index is 233. The Labute approximate surface area is 69.0 Å². The predicted octanol–water partition coefficient (Wildman–Crippen LogP) is 0.626. The van der Waals surface area contributed by atoms with Crippen LogP contribution in [-0.4, -0.2) is 32.7 Å². The molecule has 0 saturated heterocycles. The summed E-state index contributed by atoms with van der Waals surface area (Å²) in [6.45, 7) is 0. The van der Waals surface area contributed by atoms with E-state index in [1.165, 1.54) is 4.90 Å². The van der Waals surface area contributed by atoms with Crippen molar-refractivity contribution in [3.63, 3.8) is 0 Å². The molecule has 0 spiro atoms. The molecule has 0 aliphatic rings. The number of hydrogen-bond donors (Lipinski definition) is 0. The first-order chi connectivity index (χ1) is 4.33. The third kappa shape index (κ3) is 4.84. The second kappa shape index (κ2) is 3.41. The van der Waals surface area contributed by atoms with Gasteiger partial charge in [-0.1, -0.05) is 0 Å². The lowest BCUT2D eigenvalue weighted by Gasteiger charge is -2.06. The number of hydrogen-bond acceptors (Lipinski definition) is 2. The third-order valence-electron chi connectivity index (χ3n) is 0.553. The maximum atomic E-state index is 10.2. The third-order valence-corrected chi connectivity index (χ3v) is 1.67. The molecule has 0 bridgehead atoms.